The fourth-order valence-electron chi connectivity index (χ4n) is 2.60. The molecule has 3 rings (SSSR count). The van der Waals surface area contributed by atoms with Crippen molar-refractivity contribution in [3.8, 4) is 11.5 Å². The summed E-state index contributed by atoms with van der Waals surface area (Å²) in [5, 5.41) is 0.679. The molecule has 1 aliphatic heterocycles. The first-order valence-electron chi connectivity index (χ1n) is 6.53. The number of hydrogen-bond acceptors (Lipinski definition) is 3. The number of ether oxygens (including phenoxy) is 2. The molecule has 2 aromatic rings. The standard InChI is InChI=1S/C16H16ClNO2/c1-19-14-5-3-2-4-11(14)16-9-13(18)12-8-10(17)6-7-15(12)20-16/h2-8,13,16H,9,18H2,1H3/t13-,16?/m1/s1. The molecule has 0 spiro atoms. The first-order chi connectivity index (χ1) is 9.69. The maximum absolute atomic E-state index is 6.26. The third kappa shape index (κ3) is 2.35. The van der Waals surface area contributed by atoms with E-state index in [0.717, 1.165) is 22.6 Å². The number of benzene rings is 2. The molecule has 2 N–H and O–H groups in total. The molecule has 0 radical (unpaired) electrons. The first kappa shape index (κ1) is 13.3. The Labute approximate surface area is 123 Å². The van der Waals surface area contributed by atoms with Crippen LogP contribution in [-0.4, -0.2) is 7.11 Å². The Hall–Kier alpha value is -1.71. The number of halogens is 1. The Bertz CT molecular complexity index is 630. The highest BCUT2D eigenvalue weighted by Gasteiger charge is 2.28. The Kier molecular flexibility index (Phi) is 3.55. The number of hydrogen-bond donors (Lipinski definition) is 1. The molecular formula is C16H16ClNO2. The van der Waals surface area contributed by atoms with Gasteiger partial charge in [-0.1, -0.05) is 29.8 Å². The van der Waals surface area contributed by atoms with Gasteiger partial charge < -0.3 is 15.2 Å². The summed E-state index contributed by atoms with van der Waals surface area (Å²) in [5.74, 6) is 1.62. The predicted molar refractivity (Wildman–Crippen MR) is 79.4 cm³/mol. The summed E-state index contributed by atoms with van der Waals surface area (Å²) >= 11 is 6.01. The van der Waals surface area contributed by atoms with Crippen LogP contribution >= 0.6 is 11.6 Å². The van der Waals surface area contributed by atoms with Gasteiger partial charge >= 0.3 is 0 Å². The fourth-order valence-corrected chi connectivity index (χ4v) is 2.78. The molecule has 2 aromatic carbocycles. The molecule has 0 aromatic heterocycles. The fraction of sp³-hybridized carbons (Fsp3) is 0.250. The van der Waals surface area contributed by atoms with Crippen LogP contribution in [-0.2, 0) is 0 Å². The van der Waals surface area contributed by atoms with Crippen LogP contribution in [0.15, 0.2) is 42.5 Å². The summed E-state index contributed by atoms with van der Waals surface area (Å²) < 4.78 is 11.5. The summed E-state index contributed by atoms with van der Waals surface area (Å²) in [5.41, 5.74) is 8.24. The topological polar surface area (TPSA) is 44.5 Å². The summed E-state index contributed by atoms with van der Waals surface area (Å²) in [6.45, 7) is 0. The summed E-state index contributed by atoms with van der Waals surface area (Å²) in [4.78, 5) is 0. The lowest BCUT2D eigenvalue weighted by atomic mass is 9.93. The number of para-hydroxylation sites is 1. The smallest absolute Gasteiger partial charge is 0.129 e. The van der Waals surface area contributed by atoms with E-state index in [2.05, 4.69) is 0 Å². The minimum atomic E-state index is -0.102. The largest absolute Gasteiger partial charge is 0.496 e. The van der Waals surface area contributed by atoms with Crippen LogP contribution < -0.4 is 15.2 Å². The van der Waals surface area contributed by atoms with E-state index < -0.39 is 0 Å². The summed E-state index contributed by atoms with van der Waals surface area (Å²) in [6.07, 6.45) is 0.600. The minimum absolute atomic E-state index is 0.0904. The molecule has 0 bridgehead atoms. The van der Waals surface area contributed by atoms with Crippen molar-refractivity contribution in [2.24, 2.45) is 5.73 Å². The van der Waals surface area contributed by atoms with Gasteiger partial charge in [0.25, 0.3) is 0 Å². The van der Waals surface area contributed by atoms with E-state index in [1.165, 1.54) is 0 Å². The van der Waals surface area contributed by atoms with Crippen LogP contribution in [0.5, 0.6) is 11.5 Å². The molecule has 1 aliphatic rings. The van der Waals surface area contributed by atoms with Gasteiger partial charge in [-0.05, 0) is 24.3 Å². The molecule has 0 aliphatic carbocycles. The molecule has 1 unspecified atom stereocenters. The number of rotatable bonds is 2. The maximum Gasteiger partial charge on any atom is 0.129 e. The molecule has 0 saturated carbocycles. The number of methoxy groups -OCH3 is 1. The van der Waals surface area contributed by atoms with Crippen molar-refractivity contribution in [2.75, 3.05) is 7.11 Å². The van der Waals surface area contributed by atoms with Crippen molar-refractivity contribution in [3.63, 3.8) is 0 Å². The second-order valence-electron chi connectivity index (χ2n) is 4.87. The SMILES string of the molecule is COc1ccccc1C1C[C@@H](N)c2cc(Cl)ccc2O1. The normalized spacial score (nSPS) is 20.9. The third-order valence-corrected chi connectivity index (χ3v) is 3.83. The zero-order chi connectivity index (χ0) is 14.1. The van der Waals surface area contributed by atoms with E-state index in [1.807, 2.05) is 42.5 Å². The third-order valence-electron chi connectivity index (χ3n) is 3.59. The van der Waals surface area contributed by atoms with E-state index in [9.17, 15) is 0 Å². The molecule has 0 amide bonds. The van der Waals surface area contributed by atoms with Crippen LogP contribution in [0.25, 0.3) is 0 Å². The Morgan fingerprint density at radius 1 is 1.20 bits per heavy atom. The zero-order valence-corrected chi connectivity index (χ0v) is 11.9. The van der Waals surface area contributed by atoms with E-state index in [-0.39, 0.29) is 12.1 Å². The average Bonchev–Trinajstić information content (AvgIpc) is 2.47. The summed E-state index contributed by atoms with van der Waals surface area (Å²) in [6, 6.07) is 13.3. The van der Waals surface area contributed by atoms with Gasteiger partial charge in [-0.25, -0.2) is 0 Å². The van der Waals surface area contributed by atoms with Gasteiger partial charge in [-0.2, -0.15) is 0 Å². The maximum atomic E-state index is 6.26. The molecule has 0 fully saturated rings. The molecular weight excluding hydrogens is 274 g/mol. The van der Waals surface area contributed by atoms with Gasteiger partial charge in [0.2, 0.25) is 0 Å². The van der Waals surface area contributed by atoms with E-state index >= 15 is 0 Å². The van der Waals surface area contributed by atoms with E-state index in [4.69, 9.17) is 26.8 Å². The van der Waals surface area contributed by atoms with Crippen molar-refractivity contribution in [1.29, 1.82) is 0 Å². The molecule has 2 atom stereocenters. The molecule has 0 saturated heterocycles. The van der Waals surface area contributed by atoms with Crippen molar-refractivity contribution < 1.29 is 9.47 Å². The van der Waals surface area contributed by atoms with E-state index in [1.54, 1.807) is 7.11 Å². The van der Waals surface area contributed by atoms with Crippen molar-refractivity contribution >= 4 is 11.6 Å². The zero-order valence-electron chi connectivity index (χ0n) is 11.2. The highest BCUT2D eigenvalue weighted by Crippen LogP contribution is 2.42. The van der Waals surface area contributed by atoms with Crippen LogP contribution in [0.3, 0.4) is 0 Å². The minimum Gasteiger partial charge on any atom is -0.496 e. The predicted octanol–water partition coefficient (Wildman–Crippen LogP) is 3.87. The Morgan fingerprint density at radius 3 is 2.80 bits per heavy atom. The molecule has 104 valence electrons. The second kappa shape index (κ2) is 5.35. The molecule has 20 heavy (non-hydrogen) atoms. The number of nitrogens with two attached hydrogens (primary N) is 1. The summed E-state index contributed by atoms with van der Waals surface area (Å²) in [7, 11) is 1.66. The molecule has 3 nitrogen and oxygen atoms in total. The van der Waals surface area contributed by atoms with Crippen LogP contribution in [0.1, 0.15) is 29.7 Å². The highest BCUT2D eigenvalue weighted by atomic mass is 35.5. The quantitative estimate of drug-likeness (QED) is 0.913. The van der Waals surface area contributed by atoms with Gasteiger partial charge in [0.15, 0.2) is 0 Å². The Morgan fingerprint density at radius 2 is 2.00 bits per heavy atom. The van der Waals surface area contributed by atoms with Gasteiger partial charge in [-0.3, -0.25) is 0 Å². The lowest BCUT2D eigenvalue weighted by Gasteiger charge is -2.31. The van der Waals surface area contributed by atoms with Gasteiger partial charge in [0, 0.05) is 28.6 Å². The molecule has 1 heterocycles. The second-order valence-corrected chi connectivity index (χ2v) is 5.31. The average molecular weight is 290 g/mol. The van der Waals surface area contributed by atoms with Gasteiger partial charge in [0.1, 0.15) is 17.6 Å². The van der Waals surface area contributed by atoms with Crippen molar-refractivity contribution in [1.82, 2.24) is 0 Å². The Balaban J connectivity index is 1.97. The van der Waals surface area contributed by atoms with E-state index in [0.29, 0.717) is 11.4 Å². The van der Waals surface area contributed by atoms with Crippen molar-refractivity contribution in [2.45, 2.75) is 18.6 Å². The first-order valence-corrected chi connectivity index (χ1v) is 6.91. The van der Waals surface area contributed by atoms with Crippen LogP contribution in [0.4, 0.5) is 0 Å². The van der Waals surface area contributed by atoms with Crippen LogP contribution in [0.2, 0.25) is 5.02 Å². The van der Waals surface area contributed by atoms with Crippen LogP contribution in [0, 0.1) is 0 Å². The lowest BCUT2D eigenvalue weighted by Crippen LogP contribution is -2.24. The highest BCUT2D eigenvalue weighted by molar-refractivity contribution is 6.30. The monoisotopic (exact) mass is 289 g/mol. The van der Waals surface area contributed by atoms with Crippen molar-refractivity contribution in [3.05, 3.63) is 58.6 Å². The number of fused-ring (bicyclic) bond motifs is 1. The lowest BCUT2D eigenvalue weighted by molar-refractivity contribution is 0.158. The van der Waals surface area contributed by atoms with Gasteiger partial charge in [-0.15, -0.1) is 0 Å². The molecule has 4 heteroatoms. The van der Waals surface area contributed by atoms with Gasteiger partial charge in [0.05, 0.1) is 7.11 Å².